The second kappa shape index (κ2) is 15.4. The van der Waals surface area contributed by atoms with Gasteiger partial charge >= 0.3 is 0 Å². The quantitative estimate of drug-likeness (QED) is 0.0927. The number of aromatic nitrogens is 2. The van der Waals surface area contributed by atoms with E-state index in [-0.39, 0.29) is 0 Å². The van der Waals surface area contributed by atoms with Gasteiger partial charge in [-0.15, -0.1) is 0 Å². The number of rotatable bonds is 13. The predicted molar refractivity (Wildman–Crippen MR) is 210 cm³/mol. The lowest BCUT2D eigenvalue weighted by Gasteiger charge is -2.15. The molecule has 0 aliphatic heterocycles. The SMILES string of the molecule is CCCCCCc1ccc(-c2cc(-c3ccccc3)c3cc4nc(-c5ccc(CCCCC)cc5)cc(-c5ccccc5)c4cc3n2)cc1. The third-order valence-corrected chi connectivity index (χ3v) is 9.80. The van der Waals surface area contributed by atoms with Crippen molar-refractivity contribution in [1.82, 2.24) is 9.97 Å². The van der Waals surface area contributed by atoms with E-state index in [1.54, 1.807) is 0 Å². The molecule has 0 spiro atoms. The molecule has 0 atom stereocenters. The summed E-state index contributed by atoms with van der Waals surface area (Å²) in [6, 6.07) is 48.6. The van der Waals surface area contributed by atoms with Crippen LogP contribution in [0, 0.1) is 0 Å². The number of benzene rings is 5. The van der Waals surface area contributed by atoms with Gasteiger partial charge in [-0.3, -0.25) is 0 Å². The number of nitrogens with zero attached hydrogens (tertiary/aromatic N) is 2. The molecule has 0 radical (unpaired) electrons. The summed E-state index contributed by atoms with van der Waals surface area (Å²) in [6.45, 7) is 4.52. The van der Waals surface area contributed by atoms with E-state index < -0.39 is 0 Å². The van der Waals surface area contributed by atoms with Crippen LogP contribution < -0.4 is 0 Å². The summed E-state index contributed by atoms with van der Waals surface area (Å²) < 4.78 is 0. The zero-order valence-electron chi connectivity index (χ0n) is 29.0. The van der Waals surface area contributed by atoms with Crippen LogP contribution in [0.2, 0.25) is 0 Å². The zero-order valence-corrected chi connectivity index (χ0v) is 29.0. The molecular formula is C47H46N2. The predicted octanol–water partition coefficient (Wildman–Crippen LogP) is 13.3. The molecule has 244 valence electrons. The van der Waals surface area contributed by atoms with Crippen LogP contribution in [0.25, 0.3) is 66.6 Å². The molecule has 2 heteroatoms. The van der Waals surface area contributed by atoms with Crippen molar-refractivity contribution in [2.24, 2.45) is 0 Å². The summed E-state index contributed by atoms with van der Waals surface area (Å²) in [5.74, 6) is 0. The fourth-order valence-electron chi connectivity index (χ4n) is 6.97. The Kier molecular flexibility index (Phi) is 10.2. The topological polar surface area (TPSA) is 25.8 Å². The van der Waals surface area contributed by atoms with Crippen LogP contribution in [0.15, 0.2) is 133 Å². The zero-order chi connectivity index (χ0) is 33.4. The maximum absolute atomic E-state index is 5.33. The van der Waals surface area contributed by atoms with Crippen LogP contribution in [-0.4, -0.2) is 9.97 Å². The van der Waals surface area contributed by atoms with E-state index in [1.165, 1.54) is 78.3 Å². The van der Waals surface area contributed by atoms with Gasteiger partial charge in [-0.1, -0.05) is 155 Å². The number of hydrogen-bond donors (Lipinski definition) is 0. The second-order valence-corrected chi connectivity index (χ2v) is 13.4. The first-order valence-corrected chi connectivity index (χ1v) is 18.3. The molecule has 0 bridgehead atoms. The third kappa shape index (κ3) is 7.50. The number of fused-ring (bicyclic) bond motifs is 2. The standard InChI is InChI=1S/C47H46N2/c1-3-5-7-11-17-35-24-28-39(29-25-35)45-31-41(37-20-14-9-15-21-37)43-32-46-42(33-47(43)49-45)40(36-18-12-8-13-19-36)30-44(48-46)38-26-22-34(23-27-38)16-10-6-4-2/h8-9,12-15,18-33H,3-7,10-11,16-17H2,1-2H3. The van der Waals surface area contributed by atoms with Gasteiger partial charge < -0.3 is 0 Å². The molecule has 0 unspecified atom stereocenters. The molecule has 0 amide bonds. The summed E-state index contributed by atoms with van der Waals surface area (Å²) in [4.78, 5) is 10.6. The number of pyridine rings is 2. The fraction of sp³-hybridized carbons (Fsp3) is 0.234. The summed E-state index contributed by atoms with van der Waals surface area (Å²) in [5, 5.41) is 2.23. The summed E-state index contributed by atoms with van der Waals surface area (Å²) >= 11 is 0. The molecule has 2 aromatic heterocycles. The Balaban J connectivity index is 1.36. The minimum absolute atomic E-state index is 0.982. The Hall–Kier alpha value is -5.08. The van der Waals surface area contributed by atoms with Crippen LogP contribution in [0.3, 0.4) is 0 Å². The molecule has 0 saturated heterocycles. The Morgan fingerprint density at radius 2 is 0.796 bits per heavy atom. The molecule has 49 heavy (non-hydrogen) atoms. The van der Waals surface area contributed by atoms with E-state index >= 15 is 0 Å². The van der Waals surface area contributed by atoms with E-state index in [0.29, 0.717) is 0 Å². The van der Waals surface area contributed by atoms with Crippen molar-refractivity contribution in [3.05, 3.63) is 145 Å². The van der Waals surface area contributed by atoms with Crippen LogP contribution in [-0.2, 0) is 12.8 Å². The average molecular weight is 639 g/mol. The number of aryl methyl sites for hydroxylation is 2. The van der Waals surface area contributed by atoms with Crippen molar-refractivity contribution in [3.63, 3.8) is 0 Å². The van der Waals surface area contributed by atoms with Gasteiger partial charge in [0.1, 0.15) is 0 Å². The molecule has 0 fully saturated rings. The van der Waals surface area contributed by atoms with E-state index in [9.17, 15) is 0 Å². The van der Waals surface area contributed by atoms with Crippen LogP contribution in [0.5, 0.6) is 0 Å². The highest BCUT2D eigenvalue weighted by molar-refractivity contribution is 6.08. The van der Waals surface area contributed by atoms with Crippen molar-refractivity contribution in [2.45, 2.75) is 71.6 Å². The van der Waals surface area contributed by atoms with Gasteiger partial charge in [0.05, 0.1) is 22.4 Å². The minimum Gasteiger partial charge on any atom is -0.248 e. The first-order chi connectivity index (χ1) is 24.2. The molecule has 0 N–H and O–H groups in total. The molecule has 5 aromatic carbocycles. The first-order valence-electron chi connectivity index (χ1n) is 18.3. The van der Waals surface area contributed by atoms with Gasteiger partial charge in [-0.2, -0.15) is 0 Å². The van der Waals surface area contributed by atoms with E-state index in [2.05, 4.69) is 147 Å². The Bertz CT molecular complexity index is 2130. The Labute approximate surface area is 291 Å². The summed E-state index contributed by atoms with van der Waals surface area (Å²) in [6.07, 6.45) is 11.1. The molecule has 7 aromatic rings. The normalized spacial score (nSPS) is 11.4. The largest absolute Gasteiger partial charge is 0.248 e. The smallest absolute Gasteiger partial charge is 0.0723 e. The average Bonchev–Trinajstić information content (AvgIpc) is 3.16. The minimum atomic E-state index is 0.982. The molecule has 0 aliphatic carbocycles. The number of unbranched alkanes of at least 4 members (excludes halogenated alkanes) is 5. The molecule has 7 rings (SSSR count). The highest BCUT2D eigenvalue weighted by Crippen LogP contribution is 2.38. The van der Waals surface area contributed by atoms with E-state index in [1.807, 2.05) is 0 Å². The summed E-state index contributed by atoms with van der Waals surface area (Å²) in [7, 11) is 0. The van der Waals surface area contributed by atoms with Crippen molar-refractivity contribution in [3.8, 4) is 44.8 Å². The van der Waals surface area contributed by atoms with Crippen molar-refractivity contribution >= 4 is 21.8 Å². The van der Waals surface area contributed by atoms with Gasteiger partial charge in [-0.05, 0) is 83.3 Å². The lowest BCUT2D eigenvalue weighted by Crippen LogP contribution is -1.95. The highest BCUT2D eigenvalue weighted by atomic mass is 14.7. The first kappa shape index (κ1) is 32.5. The molecule has 0 aliphatic rings. The van der Waals surface area contributed by atoms with Crippen LogP contribution in [0.1, 0.15) is 69.9 Å². The molecular weight excluding hydrogens is 593 g/mol. The Morgan fingerprint density at radius 3 is 1.22 bits per heavy atom. The van der Waals surface area contributed by atoms with Crippen molar-refractivity contribution < 1.29 is 0 Å². The van der Waals surface area contributed by atoms with Gasteiger partial charge in [0.25, 0.3) is 0 Å². The van der Waals surface area contributed by atoms with Crippen molar-refractivity contribution in [2.75, 3.05) is 0 Å². The van der Waals surface area contributed by atoms with Crippen LogP contribution >= 0.6 is 0 Å². The number of hydrogen-bond acceptors (Lipinski definition) is 2. The lowest BCUT2D eigenvalue weighted by atomic mass is 9.93. The van der Waals surface area contributed by atoms with Gasteiger partial charge in [0.2, 0.25) is 0 Å². The summed E-state index contributed by atoms with van der Waals surface area (Å²) in [5.41, 5.74) is 13.7. The second-order valence-electron chi connectivity index (χ2n) is 13.4. The highest BCUT2D eigenvalue weighted by Gasteiger charge is 2.16. The maximum Gasteiger partial charge on any atom is 0.0723 e. The monoisotopic (exact) mass is 638 g/mol. The van der Waals surface area contributed by atoms with E-state index in [0.717, 1.165) is 57.2 Å². The van der Waals surface area contributed by atoms with Crippen LogP contribution in [0.4, 0.5) is 0 Å². The van der Waals surface area contributed by atoms with E-state index in [4.69, 9.17) is 9.97 Å². The molecule has 0 saturated carbocycles. The van der Waals surface area contributed by atoms with Crippen molar-refractivity contribution in [1.29, 1.82) is 0 Å². The lowest BCUT2D eigenvalue weighted by molar-refractivity contribution is 0.667. The Morgan fingerprint density at radius 1 is 0.388 bits per heavy atom. The third-order valence-electron chi connectivity index (χ3n) is 9.80. The molecule has 2 nitrogen and oxygen atoms in total. The van der Waals surface area contributed by atoms with Gasteiger partial charge in [0, 0.05) is 21.9 Å². The fourth-order valence-corrected chi connectivity index (χ4v) is 6.97. The van der Waals surface area contributed by atoms with Gasteiger partial charge in [-0.25, -0.2) is 9.97 Å². The molecule has 2 heterocycles. The van der Waals surface area contributed by atoms with Gasteiger partial charge in [0.15, 0.2) is 0 Å². The maximum atomic E-state index is 5.33.